The summed E-state index contributed by atoms with van der Waals surface area (Å²) in [6.07, 6.45) is 8.17. The van der Waals surface area contributed by atoms with Crippen LogP contribution in [0.15, 0.2) is 52.4 Å². The summed E-state index contributed by atoms with van der Waals surface area (Å²) < 4.78 is 8.06. The first-order chi connectivity index (χ1) is 10.8. The molecule has 2 heterocycles. The zero-order valence-electron chi connectivity index (χ0n) is 11.8. The van der Waals surface area contributed by atoms with Crippen LogP contribution in [0.4, 0.5) is 0 Å². The molecule has 2 aromatic heterocycles. The minimum atomic E-state index is 0.638. The fraction of sp³-hybridized carbons (Fsp3) is 0.250. The number of aromatic nitrogens is 3. The Morgan fingerprint density at radius 1 is 1.23 bits per heavy atom. The van der Waals surface area contributed by atoms with E-state index in [-0.39, 0.29) is 0 Å². The number of benzene rings is 1. The second-order valence-electron chi connectivity index (χ2n) is 5.26. The van der Waals surface area contributed by atoms with E-state index < -0.39 is 0 Å². The van der Waals surface area contributed by atoms with Crippen molar-refractivity contribution in [3.8, 4) is 11.3 Å². The van der Waals surface area contributed by atoms with Crippen LogP contribution in [-0.2, 0) is 5.75 Å². The van der Waals surface area contributed by atoms with Crippen LogP contribution in [0.2, 0.25) is 5.02 Å². The summed E-state index contributed by atoms with van der Waals surface area (Å²) in [4.78, 5) is 8.76. The van der Waals surface area contributed by atoms with Crippen LogP contribution in [0.1, 0.15) is 24.8 Å². The average Bonchev–Trinajstić information content (AvgIpc) is 3.09. The van der Waals surface area contributed by atoms with Crippen LogP contribution < -0.4 is 0 Å². The highest BCUT2D eigenvalue weighted by Gasteiger charge is 2.25. The molecule has 1 aromatic carbocycles. The monoisotopic (exact) mass is 331 g/mol. The van der Waals surface area contributed by atoms with Crippen LogP contribution in [-0.4, -0.2) is 14.5 Å². The summed E-state index contributed by atoms with van der Waals surface area (Å²) >= 11 is 7.56. The lowest BCUT2D eigenvalue weighted by atomic mass is 10.2. The molecule has 4 nitrogen and oxygen atoms in total. The number of thioether (sulfide) groups is 1. The van der Waals surface area contributed by atoms with Gasteiger partial charge in [0.15, 0.2) is 10.9 Å². The third kappa shape index (κ3) is 2.91. The van der Waals surface area contributed by atoms with Gasteiger partial charge in [0.05, 0.1) is 11.9 Å². The molecule has 0 spiro atoms. The minimum Gasteiger partial charge on any atom is -0.440 e. The van der Waals surface area contributed by atoms with Gasteiger partial charge in [0, 0.05) is 29.0 Å². The van der Waals surface area contributed by atoms with E-state index in [2.05, 4.69) is 20.7 Å². The van der Waals surface area contributed by atoms with E-state index in [0.29, 0.717) is 22.7 Å². The van der Waals surface area contributed by atoms with Gasteiger partial charge in [0.2, 0.25) is 5.89 Å². The lowest BCUT2D eigenvalue weighted by molar-refractivity contribution is 0.529. The highest BCUT2D eigenvalue weighted by atomic mass is 35.5. The van der Waals surface area contributed by atoms with Gasteiger partial charge in [-0.05, 0) is 37.1 Å². The van der Waals surface area contributed by atoms with Gasteiger partial charge in [-0.2, -0.15) is 0 Å². The molecule has 1 fully saturated rings. The average molecular weight is 332 g/mol. The van der Waals surface area contributed by atoms with E-state index >= 15 is 0 Å². The van der Waals surface area contributed by atoms with E-state index in [4.69, 9.17) is 16.0 Å². The van der Waals surface area contributed by atoms with E-state index in [9.17, 15) is 0 Å². The number of oxazole rings is 1. The van der Waals surface area contributed by atoms with Crippen molar-refractivity contribution in [1.29, 1.82) is 0 Å². The van der Waals surface area contributed by atoms with Crippen LogP contribution in [0, 0.1) is 0 Å². The van der Waals surface area contributed by atoms with Gasteiger partial charge in [-0.15, -0.1) is 0 Å². The van der Waals surface area contributed by atoms with E-state index in [0.717, 1.165) is 16.5 Å². The Kier molecular flexibility index (Phi) is 3.68. The van der Waals surface area contributed by atoms with Crippen LogP contribution in [0.5, 0.6) is 0 Å². The fourth-order valence-corrected chi connectivity index (χ4v) is 3.30. The number of hydrogen-bond acceptors (Lipinski definition) is 4. The molecule has 4 rings (SSSR count). The number of hydrogen-bond donors (Lipinski definition) is 0. The Bertz CT molecular complexity index is 777. The summed E-state index contributed by atoms with van der Waals surface area (Å²) in [6, 6.07) is 8.19. The predicted octanol–water partition coefficient (Wildman–Crippen LogP) is 4.82. The first-order valence-corrected chi connectivity index (χ1v) is 8.52. The highest BCUT2D eigenvalue weighted by Crippen LogP contribution is 2.38. The quantitative estimate of drug-likeness (QED) is 0.629. The first-order valence-electron chi connectivity index (χ1n) is 7.16. The molecule has 0 atom stereocenters. The number of rotatable bonds is 5. The van der Waals surface area contributed by atoms with Gasteiger partial charge in [-0.3, -0.25) is 0 Å². The molecule has 0 bridgehead atoms. The lowest BCUT2D eigenvalue weighted by Gasteiger charge is -2.03. The maximum atomic E-state index is 5.90. The Morgan fingerprint density at radius 3 is 2.82 bits per heavy atom. The zero-order chi connectivity index (χ0) is 14.9. The minimum absolute atomic E-state index is 0.638. The van der Waals surface area contributed by atoms with Crippen molar-refractivity contribution in [3.63, 3.8) is 0 Å². The molecule has 0 saturated heterocycles. The summed E-state index contributed by atoms with van der Waals surface area (Å²) in [5.41, 5.74) is 0.979. The molecular weight excluding hydrogens is 318 g/mol. The van der Waals surface area contributed by atoms with Gasteiger partial charge < -0.3 is 8.98 Å². The second-order valence-corrected chi connectivity index (χ2v) is 6.64. The Balaban J connectivity index is 1.45. The lowest BCUT2D eigenvalue weighted by Crippen LogP contribution is -1.94. The topological polar surface area (TPSA) is 43.9 Å². The molecule has 0 N–H and O–H groups in total. The van der Waals surface area contributed by atoms with Crippen molar-refractivity contribution >= 4 is 23.4 Å². The molecule has 22 heavy (non-hydrogen) atoms. The molecular formula is C16H14ClN3OS. The zero-order valence-corrected chi connectivity index (χ0v) is 13.3. The maximum absolute atomic E-state index is 5.90. The predicted molar refractivity (Wildman–Crippen MR) is 87.0 cm³/mol. The molecule has 6 heteroatoms. The summed E-state index contributed by atoms with van der Waals surface area (Å²) in [5, 5.41) is 1.75. The van der Waals surface area contributed by atoms with Crippen molar-refractivity contribution in [2.45, 2.75) is 29.8 Å². The van der Waals surface area contributed by atoms with Gasteiger partial charge in [-0.25, -0.2) is 9.97 Å². The Labute approximate surface area is 137 Å². The smallest absolute Gasteiger partial charge is 0.205 e. The Hall–Kier alpha value is -1.72. The van der Waals surface area contributed by atoms with Gasteiger partial charge in [0.1, 0.15) is 0 Å². The van der Waals surface area contributed by atoms with Gasteiger partial charge in [0.25, 0.3) is 0 Å². The molecule has 0 amide bonds. The molecule has 0 aliphatic heterocycles. The summed E-state index contributed by atoms with van der Waals surface area (Å²) in [5.74, 6) is 2.15. The molecule has 1 saturated carbocycles. The largest absolute Gasteiger partial charge is 0.440 e. The third-order valence-electron chi connectivity index (χ3n) is 3.58. The summed E-state index contributed by atoms with van der Waals surface area (Å²) in [6.45, 7) is 0. The molecule has 112 valence electrons. The van der Waals surface area contributed by atoms with Crippen molar-refractivity contribution in [2.24, 2.45) is 0 Å². The SMILES string of the molecule is Clc1ccc(-c2cnc(CSc3nccn3C3CC3)o2)cc1. The highest BCUT2D eigenvalue weighted by molar-refractivity contribution is 7.98. The van der Waals surface area contributed by atoms with Gasteiger partial charge >= 0.3 is 0 Å². The first kappa shape index (κ1) is 13.9. The molecule has 0 unspecified atom stereocenters. The van der Waals surface area contributed by atoms with Gasteiger partial charge in [-0.1, -0.05) is 23.4 Å². The van der Waals surface area contributed by atoms with E-state index in [1.54, 1.807) is 18.0 Å². The molecule has 0 radical (unpaired) electrons. The third-order valence-corrected chi connectivity index (χ3v) is 4.80. The standard InChI is InChI=1S/C16H14ClN3OS/c17-12-3-1-11(2-4-12)14-9-19-15(21-14)10-22-16-18-7-8-20(16)13-5-6-13/h1-4,7-9,13H,5-6,10H2. The fourth-order valence-electron chi connectivity index (χ4n) is 2.29. The molecule has 3 aromatic rings. The Morgan fingerprint density at radius 2 is 2.05 bits per heavy atom. The number of nitrogens with zero attached hydrogens (tertiary/aromatic N) is 3. The molecule has 1 aliphatic rings. The number of halogens is 1. The van der Waals surface area contributed by atoms with Crippen molar-refractivity contribution in [1.82, 2.24) is 14.5 Å². The van der Waals surface area contributed by atoms with Crippen molar-refractivity contribution < 1.29 is 4.42 Å². The molecule has 1 aliphatic carbocycles. The van der Waals surface area contributed by atoms with Crippen molar-refractivity contribution in [3.05, 3.63) is 53.8 Å². The second kappa shape index (κ2) is 5.82. The van der Waals surface area contributed by atoms with Crippen LogP contribution in [0.3, 0.4) is 0 Å². The van der Waals surface area contributed by atoms with Crippen LogP contribution >= 0.6 is 23.4 Å². The normalized spacial score (nSPS) is 14.4. The maximum Gasteiger partial charge on any atom is 0.205 e. The van der Waals surface area contributed by atoms with Crippen LogP contribution in [0.25, 0.3) is 11.3 Å². The van der Waals surface area contributed by atoms with Crippen molar-refractivity contribution in [2.75, 3.05) is 0 Å². The number of imidazole rings is 1. The van der Waals surface area contributed by atoms with E-state index in [1.165, 1.54) is 12.8 Å². The summed E-state index contributed by atoms with van der Waals surface area (Å²) in [7, 11) is 0. The van der Waals surface area contributed by atoms with E-state index in [1.807, 2.05) is 30.5 Å².